The first kappa shape index (κ1) is 38.4. The van der Waals surface area contributed by atoms with Gasteiger partial charge in [-0.25, -0.2) is 4.79 Å². The van der Waals surface area contributed by atoms with Gasteiger partial charge >= 0.3 is 12.2 Å². The maximum absolute atomic E-state index is 14.2. The topological polar surface area (TPSA) is 130 Å². The number of rotatable bonds is 9. The van der Waals surface area contributed by atoms with E-state index in [1.807, 2.05) is 13.8 Å². The molecular formula is C34H47F3N4O7. The van der Waals surface area contributed by atoms with E-state index in [4.69, 9.17) is 14.2 Å². The summed E-state index contributed by atoms with van der Waals surface area (Å²) in [5.41, 5.74) is 0.822. The second-order valence-electron chi connectivity index (χ2n) is 12.2. The summed E-state index contributed by atoms with van der Waals surface area (Å²) in [6.07, 6.45) is -5.15. The molecule has 0 fully saturated rings. The molecule has 3 rings (SSSR count). The van der Waals surface area contributed by atoms with Crippen LogP contribution in [0.2, 0.25) is 0 Å². The molecule has 0 saturated heterocycles. The summed E-state index contributed by atoms with van der Waals surface area (Å²) >= 11 is 0. The number of nitrogens with one attached hydrogen (secondary N) is 2. The second-order valence-corrected chi connectivity index (χ2v) is 12.2. The van der Waals surface area contributed by atoms with E-state index in [2.05, 4.69) is 10.6 Å². The van der Waals surface area contributed by atoms with Crippen molar-refractivity contribution in [3.05, 3.63) is 48.0 Å². The van der Waals surface area contributed by atoms with Gasteiger partial charge in [0.15, 0.2) is 0 Å². The first-order valence-electron chi connectivity index (χ1n) is 16.1. The fourth-order valence-corrected chi connectivity index (χ4v) is 5.19. The Hall–Kier alpha value is -4.04. The number of benzene rings is 2. The van der Waals surface area contributed by atoms with E-state index in [0.717, 1.165) is 12.8 Å². The number of nitrogens with zero attached hydrogens (tertiary/aromatic N) is 2. The number of alkyl halides is 3. The normalized spacial score (nSPS) is 20.1. The fourth-order valence-electron chi connectivity index (χ4n) is 5.19. The molecule has 4 atom stereocenters. The smallest absolute Gasteiger partial charge is 0.389 e. The number of hydrogen-bond acceptors (Lipinski definition) is 7. The van der Waals surface area contributed by atoms with Crippen LogP contribution in [0.25, 0.3) is 0 Å². The van der Waals surface area contributed by atoms with Crippen LogP contribution in [-0.2, 0) is 9.53 Å². The minimum atomic E-state index is -4.48. The molecule has 0 aromatic heterocycles. The zero-order chi connectivity index (χ0) is 35.4. The van der Waals surface area contributed by atoms with Crippen molar-refractivity contribution in [3.8, 4) is 11.5 Å². The van der Waals surface area contributed by atoms with Gasteiger partial charge in [-0.05, 0) is 75.6 Å². The minimum Gasteiger partial charge on any atom is -0.497 e. The number of hydrogen-bond donors (Lipinski definition) is 3. The van der Waals surface area contributed by atoms with E-state index < -0.39 is 43.0 Å². The van der Waals surface area contributed by atoms with Crippen LogP contribution >= 0.6 is 0 Å². The Kier molecular flexibility index (Phi) is 14.3. The molecule has 0 aliphatic carbocycles. The summed E-state index contributed by atoms with van der Waals surface area (Å²) in [5, 5.41) is 15.4. The number of carbonyl (C=O) groups is 3. The number of methoxy groups -OCH3 is 1. The molecular weight excluding hydrogens is 633 g/mol. The van der Waals surface area contributed by atoms with Gasteiger partial charge < -0.3 is 39.8 Å². The maximum Gasteiger partial charge on any atom is 0.389 e. The van der Waals surface area contributed by atoms with Crippen LogP contribution in [0.5, 0.6) is 11.5 Å². The van der Waals surface area contributed by atoms with Gasteiger partial charge in [-0.3, -0.25) is 9.59 Å². The highest BCUT2D eigenvalue weighted by atomic mass is 19.4. The highest BCUT2D eigenvalue weighted by Gasteiger charge is 2.32. The molecule has 11 nitrogen and oxygen atoms in total. The lowest BCUT2D eigenvalue weighted by molar-refractivity contribution is -0.142. The van der Waals surface area contributed by atoms with Crippen LogP contribution in [0.1, 0.15) is 63.2 Å². The second kappa shape index (κ2) is 17.9. The third-order valence-electron chi connectivity index (χ3n) is 8.11. The molecule has 1 aliphatic rings. The predicted molar refractivity (Wildman–Crippen MR) is 175 cm³/mol. The number of fused-ring (bicyclic) bond motifs is 1. The fraction of sp³-hybridized carbons (Fsp3) is 0.559. The number of urea groups is 1. The summed E-state index contributed by atoms with van der Waals surface area (Å²) in [6, 6.07) is 10.3. The molecule has 0 saturated carbocycles. The highest BCUT2D eigenvalue weighted by molar-refractivity contribution is 5.99. The molecule has 2 aromatic carbocycles. The summed E-state index contributed by atoms with van der Waals surface area (Å²) in [4.78, 5) is 42.5. The van der Waals surface area contributed by atoms with E-state index in [9.17, 15) is 32.7 Å². The summed E-state index contributed by atoms with van der Waals surface area (Å²) < 4.78 is 55.6. The van der Waals surface area contributed by atoms with Crippen LogP contribution < -0.4 is 20.1 Å². The standard InChI is InChI=1S/C34H47F3N4O7/c1-22-19-41(23(2)21-42)32(44)28-18-26(38-31(43)15-16-34(35,36)37)11-14-29(28)48-24(3)8-6-7-17-47-30(22)20-40(4)33(45)39-25-9-12-27(46-5)13-10-25/h9-14,18,22-24,30,42H,6-8,15-17,19-21H2,1-5H3,(H,38,43)(H,39,45)/t22-,23-,24-,30-/m0/s1. The van der Waals surface area contributed by atoms with E-state index >= 15 is 0 Å². The molecule has 4 amide bonds. The predicted octanol–water partition coefficient (Wildman–Crippen LogP) is 5.94. The van der Waals surface area contributed by atoms with Gasteiger partial charge in [-0.1, -0.05) is 6.92 Å². The van der Waals surface area contributed by atoms with Crippen molar-refractivity contribution in [1.29, 1.82) is 0 Å². The molecule has 14 heteroatoms. The van der Waals surface area contributed by atoms with Crippen molar-refractivity contribution in [2.75, 3.05) is 51.1 Å². The summed E-state index contributed by atoms with van der Waals surface area (Å²) in [7, 11) is 3.21. The number of ether oxygens (including phenoxy) is 3. The molecule has 3 N–H and O–H groups in total. The summed E-state index contributed by atoms with van der Waals surface area (Å²) in [6.45, 7) is 5.86. The van der Waals surface area contributed by atoms with Gasteiger partial charge in [0.25, 0.3) is 5.91 Å². The van der Waals surface area contributed by atoms with Crippen molar-refractivity contribution in [2.24, 2.45) is 5.92 Å². The van der Waals surface area contributed by atoms with Gasteiger partial charge in [-0.15, -0.1) is 0 Å². The maximum atomic E-state index is 14.2. The number of aliphatic hydroxyl groups excluding tert-OH is 1. The van der Waals surface area contributed by atoms with Gasteiger partial charge in [0.1, 0.15) is 11.5 Å². The monoisotopic (exact) mass is 680 g/mol. The van der Waals surface area contributed by atoms with Crippen LogP contribution in [0.3, 0.4) is 0 Å². The SMILES string of the molecule is COc1ccc(NC(=O)N(C)C[C@@H]2OCCCC[C@H](C)Oc3ccc(NC(=O)CCC(F)(F)F)cc3C(=O)N([C@@H](C)CO)C[C@@H]2C)cc1. The lowest BCUT2D eigenvalue weighted by Crippen LogP contribution is -2.48. The number of carbonyl (C=O) groups excluding carboxylic acids is 3. The van der Waals surface area contributed by atoms with Crippen LogP contribution in [-0.4, -0.2) is 97.6 Å². The molecule has 48 heavy (non-hydrogen) atoms. The van der Waals surface area contributed by atoms with Crippen LogP contribution in [0.15, 0.2) is 42.5 Å². The molecule has 1 heterocycles. The number of likely N-dealkylation sites (N-methyl/N-ethyl adjacent to an activating group) is 1. The minimum absolute atomic E-state index is 0.0912. The van der Waals surface area contributed by atoms with Crippen molar-refractivity contribution < 1.29 is 46.9 Å². The van der Waals surface area contributed by atoms with Crippen LogP contribution in [0, 0.1) is 5.92 Å². The first-order valence-corrected chi connectivity index (χ1v) is 16.1. The van der Waals surface area contributed by atoms with Crippen molar-refractivity contribution >= 4 is 29.2 Å². The van der Waals surface area contributed by atoms with Crippen LogP contribution in [0.4, 0.5) is 29.3 Å². The number of anilines is 2. The highest BCUT2D eigenvalue weighted by Crippen LogP contribution is 2.29. The van der Waals surface area contributed by atoms with Gasteiger partial charge in [0.2, 0.25) is 5.91 Å². The quantitative estimate of drug-likeness (QED) is 0.299. The lowest BCUT2D eigenvalue weighted by Gasteiger charge is -2.35. The Morgan fingerprint density at radius 1 is 1.10 bits per heavy atom. The molecule has 0 radical (unpaired) electrons. The molecule has 0 spiro atoms. The molecule has 0 unspecified atom stereocenters. The van der Waals surface area contributed by atoms with Gasteiger partial charge in [0.05, 0.1) is 44.0 Å². The Balaban J connectivity index is 1.86. The first-order chi connectivity index (χ1) is 22.7. The average molecular weight is 681 g/mol. The third-order valence-corrected chi connectivity index (χ3v) is 8.11. The zero-order valence-corrected chi connectivity index (χ0v) is 28.1. The van der Waals surface area contributed by atoms with Crippen molar-refractivity contribution in [1.82, 2.24) is 9.80 Å². The van der Waals surface area contributed by atoms with E-state index in [0.29, 0.717) is 24.5 Å². The number of amides is 4. The molecule has 1 aliphatic heterocycles. The number of aliphatic hydroxyl groups is 1. The summed E-state index contributed by atoms with van der Waals surface area (Å²) in [5.74, 6) is -0.744. The van der Waals surface area contributed by atoms with Crippen molar-refractivity contribution in [3.63, 3.8) is 0 Å². The van der Waals surface area contributed by atoms with Crippen molar-refractivity contribution in [2.45, 2.75) is 77.3 Å². The van der Waals surface area contributed by atoms with Gasteiger partial charge in [-0.2, -0.15) is 13.2 Å². The van der Waals surface area contributed by atoms with E-state index in [1.165, 1.54) is 28.0 Å². The average Bonchev–Trinajstić information content (AvgIpc) is 3.05. The Labute approximate surface area is 279 Å². The van der Waals surface area contributed by atoms with E-state index in [-0.39, 0.29) is 54.7 Å². The molecule has 0 bridgehead atoms. The Bertz CT molecular complexity index is 1360. The Morgan fingerprint density at radius 2 is 1.79 bits per heavy atom. The third kappa shape index (κ3) is 11.9. The zero-order valence-electron chi connectivity index (χ0n) is 28.1. The van der Waals surface area contributed by atoms with Gasteiger partial charge in [0, 0.05) is 50.5 Å². The molecule has 2 aromatic rings. The number of halogens is 3. The van der Waals surface area contributed by atoms with E-state index in [1.54, 1.807) is 45.3 Å². The Morgan fingerprint density at radius 3 is 2.44 bits per heavy atom. The molecule has 266 valence electrons. The largest absolute Gasteiger partial charge is 0.497 e. The lowest BCUT2D eigenvalue weighted by atomic mass is 10.0.